The number of ether oxygens (including phenoxy) is 4. The number of rotatable bonds is 74. The molecule has 0 fully saturated rings. The topological polar surface area (TPSA) is 237 Å². The molecule has 0 saturated heterocycles. The molecular weight excluding hydrogens is 1260 g/mol. The molecule has 0 amide bonds. The van der Waals surface area contributed by atoms with Crippen LogP contribution in [0.15, 0.2) is 0 Å². The Hall–Kier alpha value is -1.94. The highest BCUT2D eigenvalue weighted by molar-refractivity contribution is 7.47. The molecule has 0 aliphatic heterocycles. The second-order valence-electron chi connectivity index (χ2n) is 29.4. The fourth-order valence-electron chi connectivity index (χ4n) is 11.7. The van der Waals surface area contributed by atoms with Gasteiger partial charge in [-0.15, -0.1) is 0 Å². The molecule has 6 atom stereocenters. The van der Waals surface area contributed by atoms with E-state index in [1.807, 2.05) is 0 Å². The maximum atomic E-state index is 13.1. The summed E-state index contributed by atoms with van der Waals surface area (Å²) in [5.74, 6) is 0.977. The molecule has 0 aromatic carbocycles. The maximum Gasteiger partial charge on any atom is 0.472 e. The number of carbonyl (C=O) groups excluding carboxylic acids is 4. The molecule has 0 rings (SSSR count). The van der Waals surface area contributed by atoms with Crippen molar-refractivity contribution < 1.29 is 80.2 Å². The number of esters is 4. The van der Waals surface area contributed by atoms with Crippen LogP contribution in [-0.4, -0.2) is 96.7 Å². The van der Waals surface area contributed by atoms with Gasteiger partial charge in [0.15, 0.2) is 12.2 Å². The van der Waals surface area contributed by atoms with Gasteiger partial charge in [0.2, 0.25) is 0 Å². The van der Waals surface area contributed by atoms with Gasteiger partial charge < -0.3 is 33.8 Å². The molecule has 570 valence electrons. The lowest BCUT2D eigenvalue weighted by atomic mass is 9.99. The molecule has 3 unspecified atom stereocenters. The van der Waals surface area contributed by atoms with Crippen LogP contribution in [0.3, 0.4) is 0 Å². The summed E-state index contributed by atoms with van der Waals surface area (Å²) in [6, 6.07) is 0. The monoisotopic (exact) mass is 1410 g/mol. The van der Waals surface area contributed by atoms with Crippen LogP contribution in [0.4, 0.5) is 0 Å². The number of carbonyl (C=O) groups is 4. The van der Waals surface area contributed by atoms with Gasteiger partial charge in [0.1, 0.15) is 19.3 Å². The van der Waals surface area contributed by atoms with Crippen LogP contribution in [0.1, 0.15) is 389 Å². The zero-order valence-corrected chi connectivity index (χ0v) is 64.8. The maximum absolute atomic E-state index is 13.1. The second kappa shape index (κ2) is 66.3. The van der Waals surface area contributed by atoms with Crippen molar-refractivity contribution in [3.05, 3.63) is 0 Å². The van der Waals surface area contributed by atoms with E-state index in [0.29, 0.717) is 25.7 Å². The Morgan fingerprint density at radius 2 is 0.500 bits per heavy atom. The minimum absolute atomic E-state index is 0.105. The van der Waals surface area contributed by atoms with Gasteiger partial charge in [0.05, 0.1) is 26.4 Å². The summed E-state index contributed by atoms with van der Waals surface area (Å²) in [6.45, 7) is 14.2. The lowest BCUT2D eigenvalue weighted by Gasteiger charge is -2.21. The molecule has 17 nitrogen and oxygen atoms in total. The van der Waals surface area contributed by atoms with Crippen LogP contribution < -0.4 is 0 Å². The van der Waals surface area contributed by atoms with E-state index >= 15 is 0 Å². The Labute approximate surface area is 588 Å². The number of aliphatic hydroxyl groups excluding tert-OH is 1. The Bertz CT molecular complexity index is 1890. The average molecular weight is 1410 g/mol. The van der Waals surface area contributed by atoms with Crippen LogP contribution in [0.2, 0.25) is 0 Å². The van der Waals surface area contributed by atoms with E-state index in [9.17, 15) is 43.2 Å². The summed E-state index contributed by atoms with van der Waals surface area (Å²) in [4.78, 5) is 72.9. The van der Waals surface area contributed by atoms with Crippen molar-refractivity contribution in [3.63, 3.8) is 0 Å². The third kappa shape index (κ3) is 69.2. The fraction of sp³-hybridized carbons (Fsp3) is 0.948. The van der Waals surface area contributed by atoms with E-state index in [4.69, 9.17) is 37.0 Å². The Morgan fingerprint density at radius 3 is 0.740 bits per heavy atom. The predicted molar refractivity (Wildman–Crippen MR) is 391 cm³/mol. The van der Waals surface area contributed by atoms with E-state index in [0.717, 1.165) is 114 Å². The number of unbranched alkanes of at least 4 members (excludes halogenated alkanes) is 39. The molecule has 19 heteroatoms. The molecule has 0 aliphatic carbocycles. The molecular formula is C77H150O17P2. The first-order valence-corrected chi connectivity index (χ1v) is 42.7. The largest absolute Gasteiger partial charge is 0.472 e. The van der Waals surface area contributed by atoms with Crippen molar-refractivity contribution in [2.45, 2.75) is 408 Å². The van der Waals surface area contributed by atoms with E-state index in [1.165, 1.54) is 193 Å². The summed E-state index contributed by atoms with van der Waals surface area (Å²) in [6.07, 6.45) is 51.2. The zero-order valence-electron chi connectivity index (χ0n) is 63.0. The summed E-state index contributed by atoms with van der Waals surface area (Å²) < 4.78 is 68.6. The van der Waals surface area contributed by atoms with Crippen molar-refractivity contribution in [1.82, 2.24) is 0 Å². The van der Waals surface area contributed by atoms with Crippen LogP contribution in [0.25, 0.3) is 0 Å². The summed E-state index contributed by atoms with van der Waals surface area (Å²) in [7, 11) is -9.92. The molecule has 96 heavy (non-hydrogen) atoms. The highest BCUT2D eigenvalue weighted by Crippen LogP contribution is 2.45. The zero-order chi connectivity index (χ0) is 71.0. The van der Waals surface area contributed by atoms with Gasteiger partial charge in [-0.2, -0.15) is 0 Å². The number of phosphoric acid groups is 2. The van der Waals surface area contributed by atoms with Crippen LogP contribution >= 0.6 is 15.6 Å². The standard InChI is InChI=1S/C77H150O17P2/c1-9-70(8)56-48-40-32-27-28-34-42-50-58-75(80)88-64-73(94-77(82)60-52-44-36-26-20-19-23-31-39-47-55-69(6)7)66-92-96(85,86)90-62-71(78)61-89-95(83,84)91-65-72(63-87-74(79)57-49-41-33-24-18-14-16-22-30-38-46-54-68(4)5)93-76(81)59-51-43-35-25-17-13-11-10-12-15-21-29-37-45-53-67(2)3/h67-73,78H,9-66H2,1-8H3,(H,83,84)(H,85,86)/t70?,71-,72-,73-/m1/s1. The van der Waals surface area contributed by atoms with Gasteiger partial charge in [0.25, 0.3) is 0 Å². The fourth-order valence-corrected chi connectivity index (χ4v) is 13.3. The summed E-state index contributed by atoms with van der Waals surface area (Å²) in [5.41, 5.74) is 0. The average Bonchev–Trinajstić information content (AvgIpc) is 1.15. The van der Waals surface area contributed by atoms with Gasteiger partial charge in [-0.25, -0.2) is 9.13 Å². The van der Waals surface area contributed by atoms with Crippen molar-refractivity contribution in [2.24, 2.45) is 23.7 Å². The summed E-state index contributed by atoms with van der Waals surface area (Å²) >= 11 is 0. The highest BCUT2D eigenvalue weighted by atomic mass is 31.2. The first-order valence-electron chi connectivity index (χ1n) is 39.7. The molecule has 0 aliphatic rings. The van der Waals surface area contributed by atoms with Crippen molar-refractivity contribution in [2.75, 3.05) is 39.6 Å². The van der Waals surface area contributed by atoms with E-state index in [-0.39, 0.29) is 25.7 Å². The molecule has 0 heterocycles. The SMILES string of the molecule is CCC(C)CCCCCCCCCCC(=O)OC[C@H](COP(=O)(O)OC[C@H](O)COP(=O)(O)OC[C@@H](COC(=O)CCCCCCCCCCCCCC(C)C)OC(=O)CCCCCCCCCCCCCCCCC(C)C)OC(=O)CCCCCCCCCCCCC(C)C. The lowest BCUT2D eigenvalue weighted by molar-refractivity contribution is -0.161. The third-order valence-electron chi connectivity index (χ3n) is 18.2. The van der Waals surface area contributed by atoms with Crippen molar-refractivity contribution in [1.29, 1.82) is 0 Å². The molecule has 0 aromatic heterocycles. The molecule has 0 aromatic rings. The van der Waals surface area contributed by atoms with Crippen LogP contribution in [0.5, 0.6) is 0 Å². The van der Waals surface area contributed by atoms with Crippen LogP contribution in [-0.2, 0) is 65.4 Å². The number of aliphatic hydroxyl groups is 1. The normalized spacial score (nSPS) is 14.4. The first-order chi connectivity index (χ1) is 46.1. The minimum atomic E-state index is -4.96. The molecule has 0 saturated carbocycles. The first kappa shape index (κ1) is 94.1. The lowest BCUT2D eigenvalue weighted by Crippen LogP contribution is -2.30. The van der Waals surface area contributed by atoms with Gasteiger partial charge in [-0.1, -0.05) is 338 Å². The second-order valence-corrected chi connectivity index (χ2v) is 32.3. The van der Waals surface area contributed by atoms with E-state index < -0.39 is 97.5 Å². The Morgan fingerprint density at radius 1 is 0.292 bits per heavy atom. The predicted octanol–water partition coefficient (Wildman–Crippen LogP) is 22.4. The number of hydrogen-bond donors (Lipinski definition) is 3. The minimum Gasteiger partial charge on any atom is -0.462 e. The third-order valence-corrected chi connectivity index (χ3v) is 20.1. The summed E-state index contributed by atoms with van der Waals surface area (Å²) in [5, 5.41) is 10.6. The van der Waals surface area contributed by atoms with Crippen molar-refractivity contribution in [3.8, 4) is 0 Å². The highest BCUT2D eigenvalue weighted by Gasteiger charge is 2.30. The molecule has 0 spiro atoms. The Balaban J connectivity index is 5.27. The molecule has 3 N–H and O–H groups in total. The van der Waals surface area contributed by atoms with E-state index in [2.05, 4.69) is 55.4 Å². The quantitative estimate of drug-likeness (QED) is 0.0222. The van der Waals surface area contributed by atoms with Gasteiger partial charge >= 0.3 is 39.5 Å². The smallest absolute Gasteiger partial charge is 0.462 e. The van der Waals surface area contributed by atoms with Crippen molar-refractivity contribution >= 4 is 39.5 Å². The van der Waals surface area contributed by atoms with Gasteiger partial charge in [0, 0.05) is 25.7 Å². The molecule has 0 bridgehead atoms. The number of hydrogen-bond acceptors (Lipinski definition) is 15. The van der Waals surface area contributed by atoms with Gasteiger partial charge in [-0.05, 0) is 49.4 Å². The van der Waals surface area contributed by atoms with E-state index in [1.54, 1.807) is 0 Å². The van der Waals surface area contributed by atoms with Gasteiger partial charge in [-0.3, -0.25) is 37.3 Å². The number of phosphoric ester groups is 2. The Kier molecular flexibility index (Phi) is 65.0. The molecule has 0 radical (unpaired) electrons. The van der Waals surface area contributed by atoms with Crippen LogP contribution in [0, 0.1) is 23.7 Å².